The van der Waals surface area contributed by atoms with Crippen molar-refractivity contribution in [2.75, 3.05) is 25.5 Å². The number of aromatic nitrogens is 5. The van der Waals surface area contributed by atoms with Gasteiger partial charge in [0, 0.05) is 31.3 Å². The van der Waals surface area contributed by atoms with E-state index in [2.05, 4.69) is 25.6 Å². The summed E-state index contributed by atoms with van der Waals surface area (Å²) in [4.78, 5) is 13.2. The summed E-state index contributed by atoms with van der Waals surface area (Å²) in [6, 6.07) is 3.38. The van der Waals surface area contributed by atoms with E-state index in [0.717, 1.165) is 30.0 Å². The van der Waals surface area contributed by atoms with Crippen LogP contribution in [0.3, 0.4) is 0 Å². The molecule has 5 rings (SSSR count). The van der Waals surface area contributed by atoms with Gasteiger partial charge < -0.3 is 15.4 Å². The molecule has 2 N–H and O–H groups in total. The lowest BCUT2D eigenvalue weighted by atomic mass is 10.2. The molecule has 2 aliphatic rings. The fourth-order valence-corrected chi connectivity index (χ4v) is 3.41. The van der Waals surface area contributed by atoms with Crippen molar-refractivity contribution < 1.29 is 9.13 Å². The molecule has 0 aromatic carbocycles. The third-order valence-electron chi connectivity index (χ3n) is 5.04. The Morgan fingerprint density at radius 2 is 2.19 bits per heavy atom. The number of methoxy groups -OCH3 is 1. The largest absolute Gasteiger partial charge is 0.495 e. The number of alkyl halides is 1. The molecule has 1 saturated carbocycles. The van der Waals surface area contributed by atoms with Gasteiger partial charge in [0.05, 0.1) is 25.0 Å². The Morgan fingerprint density at radius 3 is 2.93 bits per heavy atom. The second kappa shape index (κ2) is 6.41. The Bertz CT molecular complexity index is 987. The summed E-state index contributed by atoms with van der Waals surface area (Å²) in [5.74, 6) is 1.61. The van der Waals surface area contributed by atoms with Gasteiger partial charge in [0.2, 0.25) is 5.95 Å². The second-order valence-electron chi connectivity index (χ2n) is 6.98. The summed E-state index contributed by atoms with van der Waals surface area (Å²) >= 11 is 0. The molecule has 2 fully saturated rings. The van der Waals surface area contributed by atoms with Crippen molar-refractivity contribution in [1.82, 2.24) is 29.9 Å². The number of hydrogen-bond acceptors (Lipinski definition) is 7. The Balaban J connectivity index is 1.51. The van der Waals surface area contributed by atoms with E-state index in [-0.39, 0.29) is 6.04 Å². The first-order valence-electron chi connectivity index (χ1n) is 9.10. The first kappa shape index (κ1) is 16.4. The van der Waals surface area contributed by atoms with Crippen LogP contribution in [-0.4, -0.2) is 57.0 Å². The van der Waals surface area contributed by atoms with Crippen LogP contribution in [0.5, 0.6) is 5.75 Å². The normalized spacial score (nSPS) is 22.3. The number of halogens is 1. The van der Waals surface area contributed by atoms with Crippen LogP contribution in [0.15, 0.2) is 24.5 Å². The Hall–Kier alpha value is -2.81. The lowest BCUT2D eigenvalue weighted by Gasteiger charge is -2.14. The lowest BCUT2D eigenvalue weighted by molar-refractivity contribution is 0.342. The minimum absolute atomic E-state index is 0.328. The van der Waals surface area contributed by atoms with Gasteiger partial charge >= 0.3 is 0 Å². The summed E-state index contributed by atoms with van der Waals surface area (Å²) in [7, 11) is 1.65. The number of fused-ring (bicyclic) bond motifs is 1. The summed E-state index contributed by atoms with van der Waals surface area (Å²) < 4.78 is 21.1. The summed E-state index contributed by atoms with van der Waals surface area (Å²) in [6.07, 6.45) is 4.69. The highest BCUT2D eigenvalue weighted by Gasteiger charge is 2.30. The SMILES string of the molecule is COc1cc2ncc(-c3ccnc(N[C@H]4CNC[C@@H]4F)n3)n2nc1C1CC1. The fourth-order valence-electron chi connectivity index (χ4n) is 3.41. The van der Waals surface area contributed by atoms with Gasteiger partial charge in [-0.2, -0.15) is 5.10 Å². The highest BCUT2D eigenvalue weighted by atomic mass is 19.1. The number of anilines is 1. The van der Waals surface area contributed by atoms with Crippen molar-refractivity contribution >= 4 is 11.6 Å². The maximum Gasteiger partial charge on any atom is 0.223 e. The predicted octanol–water partition coefficient (Wildman–Crippen LogP) is 1.79. The summed E-state index contributed by atoms with van der Waals surface area (Å²) in [6.45, 7) is 0.900. The molecule has 0 radical (unpaired) electrons. The van der Waals surface area contributed by atoms with E-state index in [1.807, 2.05) is 6.07 Å². The number of rotatable bonds is 5. The fraction of sp³-hybridized carbons (Fsp3) is 0.444. The molecule has 140 valence electrons. The van der Waals surface area contributed by atoms with Crippen LogP contribution >= 0.6 is 0 Å². The molecule has 1 aliphatic heterocycles. The molecule has 9 heteroatoms. The molecule has 8 nitrogen and oxygen atoms in total. The highest BCUT2D eigenvalue weighted by Crippen LogP contribution is 2.43. The average Bonchev–Trinajstić information content (AvgIpc) is 3.34. The number of imidazole rings is 1. The minimum atomic E-state index is -0.955. The Morgan fingerprint density at radius 1 is 1.30 bits per heavy atom. The highest BCUT2D eigenvalue weighted by molar-refractivity contribution is 5.61. The van der Waals surface area contributed by atoms with E-state index in [9.17, 15) is 4.39 Å². The van der Waals surface area contributed by atoms with Crippen LogP contribution in [0.25, 0.3) is 17.0 Å². The van der Waals surface area contributed by atoms with Crippen LogP contribution in [0.4, 0.5) is 10.3 Å². The molecule has 0 amide bonds. The maximum atomic E-state index is 13.8. The maximum absolute atomic E-state index is 13.8. The van der Waals surface area contributed by atoms with Crippen molar-refractivity contribution in [3.05, 3.63) is 30.2 Å². The van der Waals surface area contributed by atoms with Crippen molar-refractivity contribution in [1.29, 1.82) is 0 Å². The molecule has 4 heterocycles. The average molecular weight is 369 g/mol. The molecule has 3 aromatic rings. The van der Waals surface area contributed by atoms with Gasteiger partial charge in [-0.3, -0.25) is 0 Å². The zero-order valence-corrected chi connectivity index (χ0v) is 14.9. The molecule has 0 spiro atoms. The van der Waals surface area contributed by atoms with Crippen molar-refractivity contribution in [3.63, 3.8) is 0 Å². The monoisotopic (exact) mass is 369 g/mol. The van der Waals surface area contributed by atoms with Gasteiger partial charge in [-0.05, 0) is 18.9 Å². The van der Waals surface area contributed by atoms with E-state index in [0.29, 0.717) is 36.3 Å². The molecule has 27 heavy (non-hydrogen) atoms. The molecule has 2 atom stereocenters. The number of hydrogen-bond donors (Lipinski definition) is 2. The molecule has 1 aliphatic carbocycles. The van der Waals surface area contributed by atoms with Crippen LogP contribution in [-0.2, 0) is 0 Å². The third kappa shape index (κ3) is 2.97. The van der Waals surface area contributed by atoms with Crippen molar-refractivity contribution in [2.24, 2.45) is 0 Å². The topological polar surface area (TPSA) is 89.3 Å². The zero-order valence-electron chi connectivity index (χ0n) is 14.9. The molecular weight excluding hydrogens is 349 g/mol. The molecular formula is C18H20FN7O. The van der Waals surface area contributed by atoms with Crippen LogP contribution < -0.4 is 15.4 Å². The Labute approximate surface area is 155 Å². The van der Waals surface area contributed by atoms with E-state index >= 15 is 0 Å². The van der Waals surface area contributed by atoms with Gasteiger partial charge in [0.15, 0.2) is 5.65 Å². The van der Waals surface area contributed by atoms with Crippen molar-refractivity contribution in [2.45, 2.75) is 31.0 Å². The summed E-state index contributed by atoms with van der Waals surface area (Å²) in [5.41, 5.74) is 3.10. The minimum Gasteiger partial charge on any atom is -0.495 e. The lowest BCUT2D eigenvalue weighted by Crippen LogP contribution is -2.30. The predicted molar refractivity (Wildman–Crippen MR) is 97.7 cm³/mol. The van der Waals surface area contributed by atoms with Crippen LogP contribution in [0.1, 0.15) is 24.5 Å². The third-order valence-corrected chi connectivity index (χ3v) is 5.04. The van der Waals surface area contributed by atoms with E-state index in [1.165, 1.54) is 0 Å². The Kier molecular flexibility index (Phi) is 3.89. The zero-order chi connectivity index (χ0) is 18.4. The van der Waals surface area contributed by atoms with Gasteiger partial charge in [0.1, 0.15) is 23.3 Å². The second-order valence-corrected chi connectivity index (χ2v) is 6.98. The number of nitrogens with one attached hydrogen (secondary N) is 2. The first-order valence-corrected chi connectivity index (χ1v) is 9.10. The first-order chi connectivity index (χ1) is 13.2. The molecule has 1 saturated heterocycles. The molecule has 3 aromatic heterocycles. The van der Waals surface area contributed by atoms with Gasteiger partial charge in [0.25, 0.3) is 0 Å². The number of nitrogens with zero attached hydrogens (tertiary/aromatic N) is 5. The molecule has 0 unspecified atom stereocenters. The number of ether oxygens (including phenoxy) is 1. The molecule has 0 bridgehead atoms. The van der Waals surface area contributed by atoms with Crippen molar-refractivity contribution in [3.8, 4) is 17.1 Å². The smallest absolute Gasteiger partial charge is 0.223 e. The van der Waals surface area contributed by atoms with E-state index in [1.54, 1.807) is 30.1 Å². The van der Waals surface area contributed by atoms with Crippen LogP contribution in [0.2, 0.25) is 0 Å². The van der Waals surface area contributed by atoms with Gasteiger partial charge in [-0.25, -0.2) is 23.9 Å². The summed E-state index contributed by atoms with van der Waals surface area (Å²) in [5, 5.41) is 10.8. The van der Waals surface area contributed by atoms with E-state index in [4.69, 9.17) is 9.84 Å². The van der Waals surface area contributed by atoms with Gasteiger partial charge in [-0.1, -0.05) is 0 Å². The van der Waals surface area contributed by atoms with Gasteiger partial charge in [-0.15, -0.1) is 0 Å². The standard InChI is InChI=1S/C18H20FN7O/c1-27-15-6-16-22-9-14(26(16)25-17(15)10-2-3-10)12-4-5-21-18(23-12)24-13-8-20-7-11(13)19/h4-6,9-11,13,20H,2-3,7-8H2,1H3,(H,21,23,24)/t11-,13-/m0/s1. The quantitative estimate of drug-likeness (QED) is 0.709. The van der Waals surface area contributed by atoms with E-state index < -0.39 is 6.17 Å². The van der Waals surface area contributed by atoms with Crippen LogP contribution in [0, 0.1) is 0 Å².